The number of rotatable bonds is 3. The van der Waals surface area contributed by atoms with Crippen LogP contribution in [0.2, 0.25) is 0 Å². The molecular formula is C19H21NO2. The van der Waals surface area contributed by atoms with E-state index in [4.69, 9.17) is 4.74 Å². The molecule has 0 saturated carbocycles. The van der Waals surface area contributed by atoms with Crippen LogP contribution in [-0.4, -0.2) is 12.2 Å². The van der Waals surface area contributed by atoms with Crippen LogP contribution in [0.25, 0.3) is 0 Å². The molecule has 1 N–H and O–H groups in total. The molecule has 0 aliphatic rings. The Balaban J connectivity index is 2.80. The van der Waals surface area contributed by atoms with Gasteiger partial charge in [0.15, 0.2) is 0 Å². The normalized spacial score (nSPS) is 14.0. The minimum absolute atomic E-state index is 0.446. The number of aliphatic hydroxyl groups is 1. The van der Waals surface area contributed by atoms with Crippen LogP contribution in [0.5, 0.6) is 5.75 Å². The Morgan fingerprint density at radius 1 is 1.05 bits per heavy atom. The summed E-state index contributed by atoms with van der Waals surface area (Å²) in [5, 5.41) is 21.1. The van der Waals surface area contributed by atoms with Crippen molar-refractivity contribution >= 4 is 0 Å². The molecule has 3 nitrogen and oxygen atoms in total. The van der Waals surface area contributed by atoms with Gasteiger partial charge < -0.3 is 9.84 Å². The lowest BCUT2D eigenvalue weighted by atomic mass is 9.67. The topological polar surface area (TPSA) is 53.2 Å². The van der Waals surface area contributed by atoms with Crippen molar-refractivity contribution in [3.63, 3.8) is 0 Å². The molecule has 0 aliphatic heterocycles. The number of nitriles is 1. The van der Waals surface area contributed by atoms with Gasteiger partial charge in [0.25, 0.3) is 0 Å². The van der Waals surface area contributed by atoms with Gasteiger partial charge in [-0.15, -0.1) is 0 Å². The van der Waals surface area contributed by atoms with Crippen molar-refractivity contribution in [2.45, 2.75) is 26.4 Å². The molecule has 0 aromatic heterocycles. The van der Waals surface area contributed by atoms with Crippen molar-refractivity contribution in [3.05, 3.63) is 65.2 Å². The van der Waals surface area contributed by atoms with Crippen LogP contribution in [0.4, 0.5) is 0 Å². The highest BCUT2D eigenvalue weighted by Crippen LogP contribution is 2.46. The van der Waals surface area contributed by atoms with E-state index < -0.39 is 11.0 Å². The second kappa shape index (κ2) is 5.82. The molecule has 0 aliphatic carbocycles. The van der Waals surface area contributed by atoms with Gasteiger partial charge in [0, 0.05) is 5.56 Å². The summed E-state index contributed by atoms with van der Waals surface area (Å²) in [6.45, 7) is 5.88. The molecule has 2 rings (SSSR count). The Labute approximate surface area is 131 Å². The Bertz CT molecular complexity index is 696. The van der Waals surface area contributed by atoms with Gasteiger partial charge in [-0.25, -0.2) is 0 Å². The number of ether oxygens (including phenoxy) is 1. The Morgan fingerprint density at radius 3 is 2.18 bits per heavy atom. The van der Waals surface area contributed by atoms with Crippen LogP contribution in [0.1, 0.15) is 37.5 Å². The maximum atomic E-state index is 11.6. The average molecular weight is 295 g/mol. The Hall–Kier alpha value is -2.31. The van der Waals surface area contributed by atoms with E-state index in [0.717, 1.165) is 5.56 Å². The Kier molecular flexibility index (Phi) is 4.25. The first-order chi connectivity index (χ1) is 10.3. The van der Waals surface area contributed by atoms with Gasteiger partial charge in [-0.3, -0.25) is 0 Å². The predicted molar refractivity (Wildman–Crippen MR) is 86.6 cm³/mol. The van der Waals surface area contributed by atoms with E-state index in [9.17, 15) is 10.4 Å². The molecule has 22 heavy (non-hydrogen) atoms. The maximum absolute atomic E-state index is 11.6. The molecule has 0 saturated heterocycles. The van der Waals surface area contributed by atoms with Crippen molar-refractivity contribution in [1.29, 1.82) is 5.26 Å². The molecule has 1 atom stereocenters. The van der Waals surface area contributed by atoms with Crippen LogP contribution >= 0.6 is 0 Å². The van der Waals surface area contributed by atoms with Gasteiger partial charge in [-0.1, -0.05) is 51.1 Å². The smallest absolute Gasteiger partial charge is 0.121 e. The van der Waals surface area contributed by atoms with Crippen LogP contribution in [-0.2, 0) is 5.60 Å². The summed E-state index contributed by atoms with van der Waals surface area (Å²) in [7, 11) is 1.57. The van der Waals surface area contributed by atoms with E-state index in [2.05, 4.69) is 6.07 Å². The molecule has 2 aromatic rings. The van der Waals surface area contributed by atoms with E-state index in [-0.39, 0.29) is 0 Å². The lowest BCUT2D eigenvalue weighted by Crippen LogP contribution is -2.41. The van der Waals surface area contributed by atoms with Crippen molar-refractivity contribution in [3.8, 4) is 11.8 Å². The third-order valence-corrected chi connectivity index (χ3v) is 4.01. The standard InChI is InChI=1S/C19H21NO2/c1-18(2,3)19(21,15-8-6-5-7-9-15)17-12-16(22-4)11-10-14(17)13-20/h5-12,21H,1-4H3/t19-/m0/s1. The third kappa shape index (κ3) is 2.58. The highest BCUT2D eigenvalue weighted by molar-refractivity contribution is 5.51. The zero-order valence-corrected chi connectivity index (χ0v) is 13.4. The monoisotopic (exact) mass is 295 g/mol. The van der Waals surface area contributed by atoms with Crippen LogP contribution in [0.3, 0.4) is 0 Å². The van der Waals surface area contributed by atoms with Gasteiger partial charge >= 0.3 is 0 Å². The number of methoxy groups -OCH3 is 1. The first-order valence-corrected chi connectivity index (χ1v) is 7.21. The fourth-order valence-corrected chi connectivity index (χ4v) is 2.72. The highest BCUT2D eigenvalue weighted by atomic mass is 16.5. The van der Waals surface area contributed by atoms with Gasteiger partial charge in [0.2, 0.25) is 0 Å². The lowest BCUT2D eigenvalue weighted by Gasteiger charge is -2.41. The molecule has 0 heterocycles. The van der Waals surface area contributed by atoms with E-state index >= 15 is 0 Å². The zero-order chi connectivity index (χ0) is 16.4. The quantitative estimate of drug-likeness (QED) is 0.935. The third-order valence-electron chi connectivity index (χ3n) is 4.01. The van der Waals surface area contributed by atoms with Crippen molar-refractivity contribution in [2.24, 2.45) is 5.41 Å². The molecule has 0 amide bonds. The fourth-order valence-electron chi connectivity index (χ4n) is 2.72. The summed E-state index contributed by atoms with van der Waals surface area (Å²) in [5.74, 6) is 0.618. The molecule has 114 valence electrons. The van der Waals surface area contributed by atoms with E-state index in [1.807, 2.05) is 51.1 Å². The molecular weight excluding hydrogens is 274 g/mol. The SMILES string of the molecule is COc1ccc(C#N)c([C@@](O)(c2ccccc2)C(C)(C)C)c1. The highest BCUT2D eigenvalue weighted by Gasteiger charge is 2.44. The number of benzene rings is 2. The van der Waals surface area contributed by atoms with E-state index in [1.54, 1.807) is 25.3 Å². The lowest BCUT2D eigenvalue weighted by molar-refractivity contribution is -0.0262. The molecule has 0 fully saturated rings. The summed E-state index contributed by atoms with van der Waals surface area (Å²) in [6, 6.07) is 16.8. The number of hydrogen-bond donors (Lipinski definition) is 1. The van der Waals surface area contributed by atoms with Crippen LogP contribution in [0.15, 0.2) is 48.5 Å². The fraction of sp³-hybridized carbons (Fsp3) is 0.316. The largest absolute Gasteiger partial charge is 0.497 e. The van der Waals surface area contributed by atoms with E-state index in [0.29, 0.717) is 16.9 Å². The van der Waals surface area contributed by atoms with Crippen molar-refractivity contribution in [1.82, 2.24) is 0 Å². The molecule has 3 heteroatoms. The van der Waals surface area contributed by atoms with Crippen LogP contribution in [0, 0.1) is 16.7 Å². The van der Waals surface area contributed by atoms with Gasteiger partial charge in [0.1, 0.15) is 11.4 Å². The summed E-state index contributed by atoms with van der Waals surface area (Å²) < 4.78 is 5.28. The molecule has 2 aromatic carbocycles. The van der Waals surface area contributed by atoms with Gasteiger partial charge in [0.05, 0.1) is 18.7 Å². The van der Waals surface area contributed by atoms with Crippen molar-refractivity contribution in [2.75, 3.05) is 7.11 Å². The summed E-state index contributed by atoms with van der Waals surface area (Å²) in [5.41, 5.74) is -0.0393. The molecule has 0 unspecified atom stereocenters. The van der Waals surface area contributed by atoms with E-state index in [1.165, 1.54) is 0 Å². The molecule has 0 radical (unpaired) electrons. The number of nitrogens with zero attached hydrogens (tertiary/aromatic N) is 1. The maximum Gasteiger partial charge on any atom is 0.121 e. The molecule has 0 spiro atoms. The van der Waals surface area contributed by atoms with Gasteiger partial charge in [-0.2, -0.15) is 5.26 Å². The van der Waals surface area contributed by atoms with Crippen LogP contribution < -0.4 is 4.74 Å². The summed E-state index contributed by atoms with van der Waals surface area (Å²) in [4.78, 5) is 0. The summed E-state index contributed by atoms with van der Waals surface area (Å²) >= 11 is 0. The minimum atomic E-state index is -1.30. The summed E-state index contributed by atoms with van der Waals surface area (Å²) in [6.07, 6.45) is 0. The predicted octanol–water partition coefficient (Wildman–Crippen LogP) is 3.85. The molecule has 0 bridgehead atoms. The minimum Gasteiger partial charge on any atom is -0.497 e. The second-order valence-corrected chi connectivity index (χ2v) is 6.35. The second-order valence-electron chi connectivity index (χ2n) is 6.35. The first-order valence-electron chi connectivity index (χ1n) is 7.21. The number of hydrogen-bond acceptors (Lipinski definition) is 3. The average Bonchev–Trinajstić information content (AvgIpc) is 2.53. The van der Waals surface area contributed by atoms with Crippen molar-refractivity contribution < 1.29 is 9.84 Å². The Morgan fingerprint density at radius 2 is 1.68 bits per heavy atom. The first kappa shape index (κ1) is 16.1. The zero-order valence-electron chi connectivity index (χ0n) is 13.4. The van der Waals surface area contributed by atoms with Gasteiger partial charge in [-0.05, 0) is 29.2 Å².